The second kappa shape index (κ2) is 6.85. The van der Waals surface area contributed by atoms with Gasteiger partial charge in [0.05, 0.1) is 11.4 Å². The molecule has 0 N–H and O–H groups in total. The van der Waals surface area contributed by atoms with E-state index >= 15 is 0 Å². The van der Waals surface area contributed by atoms with Crippen molar-refractivity contribution in [1.29, 1.82) is 0 Å². The smallest absolute Gasteiger partial charge is 0.265 e. The molecular formula is C22H20N2O4S2. The maximum absolute atomic E-state index is 13.6. The van der Waals surface area contributed by atoms with Crippen molar-refractivity contribution in [3.63, 3.8) is 0 Å². The molecule has 8 heteroatoms. The Kier molecular flexibility index (Phi) is 4.37. The predicted octanol–water partition coefficient (Wildman–Crippen LogP) is 3.19. The summed E-state index contributed by atoms with van der Waals surface area (Å²) in [7, 11) is -8.09. The van der Waals surface area contributed by atoms with Gasteiger partial charge in [0.15, 0.2) is 0 Å². The number of anilines is 2. The number of sulfonamides is 2. The van der Waals surface area contributed by atoms with Gasteiger partial charge in [-0.2, -0.15) is 0 Å². The Morgan fingerprint density at radius 3 is 1.33 bits per heavy atom. The molecule has 0 aromatic heterocycles. The molecule has 6 nitrogen and oxygen atoms in total. The number of hydrogen-bond donors (Lipinski definition) is 0. The highest BCUT2D eigenvalue weighted by molar-refractivity contribution is 7.96. The van der Waals surface area contributed by atoms with Crippen molar-refractivity contribution in [3.05, 3.63) is 83.9 Å². The molecule has 3 aromatic rings. The van der Waals surface area contributed by atoms with E-state index in [-0.39, 0.29) is 9.79 Å². The molecule has 154 valence electrons. The van der Waals surface area contributed by atoms with Gasteiger partial charge >= 0.3 is 0 Å². The number of hydrogen-bond acceptors (Lipinski definition) is 4. The summed E-state index contributed by atoms with van der Waals surface area (Å²) >= 11 is 0. The maximum atomic E-state index is 13.6. The fourth-order valence-electron chi connectivity index (χ4n) is 4.23. The summed E-state index contributed by atoms with van der Waals surface area (Å²) in [4.78, 5) is -0.378. The van der Waals surface area contributed by atoms with E-state index in [1.54, 1.807) is 36.4 Å². The SMILES string of the molecule is O=S(=O)(c1ccccc1S(=O)(=O)N1CCc2ccccc21)N1CCc2ccccc21. The molecule has 0 saturated carbocycles. The highest BCUT2D eigenvalue weighted by atomic mass is 32.2. The second-order valence-electron chi connectivity index (χ2n) is 7.36. The predicted molar refractivity (Wildman–Crippen MR) is 116 cm³/mol. The van der Waals surface area contributed by atoms with Gasteiger partial charge in [-0.15, -0.1) is 0 Å². The quantitative estimate of drug-likeness (QED) is 0.625. The van der Waals surface area contributed by atoms with Gasteiger partial charge in [0.2, 0.25) is 0 Å². The minimum absolute atomic E-state index is 0.189. The number of benzene rings is 3. The van der Waals surface area contributed by atoms with Crippen LogP contribution in [-0.4, -0.2) is 29.9 Å². The molecule has 0 amide bonds. The molecule has 0 atom stereocenters. The van der Waals surface area contributed by atoms with Gasteiger partial charge in [-0.3, -0.25) is 8.61 Å². The lowest BCUT2D eigenvalue weighted by Crippen LogP contribution is -2.34. The first-order valence-corrected chi connectivity index (χ1v) is 12.6. The normalized spacial score (nSPS) is 15.9. The minimum atomic E-state index is -4.05. The zero-order chi connectivity index (χ0) is 20.9. The van der Waals surface area contributed by atoms with Crippen LogP contribution in [0, 0.1) is 0 Å². The molecule has 0 saturated heterocycles. The fourth-order valence-corrected chi connectivity index (χ4v) is 8.02. The summed E-state index contributed by atoms with van der Waals surface area (Å²) < 4.78 is 56.9. The van der Waals surface area contributed by atoms with Crippen LogP contribution >= 0.6 is 0 Å². The molecule has 0 radical (unpaired) electrons. The number of nitrogens with zero attached hydrogens (tertiary/aromatic N) is 2. The van der Waals surface area contributed by atoms with E-state index in [0.29, 0.717) is 37.3 Å². The first kappa shape index (κ1) is 19.1. The van der Waals surface area contributed by atoms with E-state index in [0.717, 1.165) is 11.1 Å². The van der Waals surface area contributed by atoms with Crippen molar-refractivity contribution < 1.29 is 16.8 Å². The lowest BCUT2D eigenvalue weighted by molar-refractivity contribution is 0.578. The first-order chi connectivity index (χ1) is 14.4. The van der Waals surface area contributed by atoms with Gasteiger partial charge < -0.3 is 0 Å². The van der Waals surface area contributed by atoms with E-state index in [1.807, 2.05) is 24.3 Å². The third kappa shape index (κ3) is 2.82. The molecule has 30 heavy (non-hydrogen) atoms. The molecule has 0 unspecified atom stereocenters. The number of para-hydroxylation sites is 2. The van der Waals surface area contributed by atoms with E-state index in [1.165, 1.54) is 20.7 Å². The highest BCUT2D eigenvalue weighted by Crippen LogP contribution is 2.37. The van der Waals surface area contributed by atoms with E-state index in [4.69, 9.17) is 0 Å². The Balaban J connectivity index is 1.62. The first-order valence-electron chi connectivity index (χ1n) is 9.71. The number of rotatable bonds is 4. The molecule has 3 aromatic carbocycles. The molecule has 0 aliphatic carbocycles. The summed E-state index contributed by atoms with van der Waals surface area (Å²) in [5.41, 5.74) is 3.09. The zero-order valence-electron chi connectivity index (χ0n) is 16.1. The van der Waals surface area contributed by atoms with Crippen LogP contribution in [0.1, 0.15) is 11.1 Å². The van der Waals surface area contributed by atoms with Crippen LogP contribution < -0.4 is 8.61 Å². The highest BCUT2D eigenvalue weighted by Gasteiger charge is 2.38. The fraction of sp³-hybridized carbons (Fsp3) is 0.182. The minimum Gasteiger partial charge on any atom is -0.266 e. The molecule has 0 spiro atoms. The van der Waals surface area contributed by atoms with Crippen LogP contribution in [0.15, 0.2) is 82.6 Å². The number of fused-ring (bicyclic) bond motifs is 2. The zero-order valence-corrected chi connectivity index (χ0v) is 17.7. The van der Waals surface area contributed by atoms with Crippen molar-refractivity contribution in [3.8, 4) is 0 Å². The van der Waals surface area contributed by atoms with E-state index < -0.39 is 20.0 Å². The Bertz CT molecular complexity index is 1250. The standard InChI is InChI=1S/C22H20N2O4S2/c25-29(26,23-15-13-17-7-1-3-9-19(17)23)21-11-5-6-12-22(21)30(27,28)24-16-14-18-8-2-4-10-20(18)24/h1-12H,13-16H2. The second-order valence-corrected chi connectivity index (χ2v) is 11.0. The van der Waals surface area contributed by atoms with Crippen molar-refractivity contribution >= 4 is 31.4 Å². The van der Waals surface area contributed by atoms with Crippen molar-refractivity contribution in [2.75, 3.05) is 21.7 Å². The monoisotopic (exact) mass is 440 g/mol. The van der Waals surface area contributed by atoms with Crippen LogP contribution in [0.5, 0.6) is 0 Å². The third-order valence-electron chi connectivity index (χ3n) is 5.67. The van der Waals surface area contributed by atoms with Crippen LogP contribution in [-0.2, 0) is 32.9 Å². The molecule has 2 heterocycles. The maximum Gasteiger partial charge on any atom is 0.265 e. The van der Waals surface area contributed by atoms with Crippen LogP contribution in [0.2, 0.25) is 0 Å². The summed E-state index contributed by atoms with van der Waals surface area (Å²) in [5.74, 6) is 0. The average molecular weight is 441 g/mol. The Hall–Kier alpha value is -2.84. The molecule has 5 rings (SSSR count). The molecule has 0 bridgehead atoms. The van der Waals surface area contributed by atoms with Gasteiger partial charge in [0, 0.05) is 13.1 Å². The third-order valence-corrected chi connectivity index (χ3v) is 9.55. The lowest BCUT2D eigenvalue weighted by atomic mass is 10.2. The van der Waals surface area contributed by atoms with E-state index in [2.05, 4.69) is 0 Å². The van der Waals surface area contributed by atoms with Gasteiger partial charge in [0.25, 0.3) is 20.0 Å². The Morgan fingerprint density at radius 1 is 0.533 bits per heavy atom. The van der Waals surface area contributed by atoms with Gasteiger partial charge in [0.1, 0.15) is 9.79 Å². The summed E-state index contributed by atoms with van der Waals surface area (Å²) in [6.45, 7) is 0.589. The van der Waals surface area contributed by atoms with E-state index in [9.17, 15) is 16.8 Å². The largest absolute Gasteiger partial charge is 0.266 e. The van der Waals surface area contributed by atoms with Crippen LogP contribution in [0.25, 0.3) is 0 Å². The van der Waals surface area contributed by atoms with Gasteiger partial charge in [-0.25, -0.2) is 16.8 Å². The Labute approximate surface area is 176 Å². The summed E-state index contributed by atoms with van der Waals surface area (Å²) in [5, 5.41) is 0. The van der Waals surface area contributed by atoms with Crippen molar-refractivity contribution in [2.24, 2.45) is 0 Å². The van der Waals surface area contributed by atoms with Gasteiger partial charge in [-0.05, 0) is 48.2 Å². The molecule has 2 aliphatic heterocycles. The van der Waals surface area contributed by atoms with Crippen molar-refractivity contribution in [2.45, 2.75) is 22.6 Å². The molecule has 2 aliphatic rings. The summed E-state index contributed by atoms with van der Waals surface area (Å²) in [6.07, 6.45) is 1.20. The van der Waals surface area contributed by atoms with Crippen LogP contribution in [0.3, 0.4) is 0 Å². The topological polar surface area (TPSA) is 74.8 Å². The average Bonchev–Trinajstić information content (AvgIpc) is 3.39. The van der Waals surface area contributed by atoms with Gasteiger partial charge in [-0.1, -0.05) is 48.5 Å². The van der Waals surface area contributed by atoms with Crippen molar-refractivity contribution in [1.82, 2.24) is 0 Å². The van der Waals surface area contributed by atoms with Crippen LogP contribution in [0.4, 0.5) is 11.4 Å². The Morgan fingerprint density at radius 2 is 0.900 bits per heavy atom. The molecule has 0 fully saturated rings. The summed E-state index contributed by atoms with van der Waals surface area (Å²) in [6, 6.07) is 20.5. The lowest BCUT2D eigenvalue weighted by Gasteiger charge is -2.24. The molecular weight excluding hydrogens is 420 g/mol.